The summed E-state index contributed by atoms with van der Waals surface area (Å²) in [5.41, 5.74) is -2.45. The van der Waals surface area contributed by atoms with E-state index in [9.17, 15) is 86.4 Å². The number of rotatable bonds is 23. The topological polar surface area (TPSA) is 397 Å². The van der Waals surface area contributed by atoms with Gasteiger partial charge in [-0.1, -0.05) is 83.8 Å². The molecule has 0 aliphatic carbocycles. The number of alkyl halides is 10. The normalized spacial score (nSPS) is 11.5. The number of hydrogen-bond acceptors (Lipinski definition) is 20. The molecule has 12 rings (SSSR count). The van der Waals surface area contributed by atoms with Crippen molar-refractivity contribution in [3.8, 4) is 23.5 Å². The predicted octanol–water partition coefficient (Wildman–Crippen LogP) is 18.5. The minimum atomic E-state index is -6.30. The number of nitrogens with one attached hydrogen (secondary N) is 8. The van der Waals surface area contributed by atoms with Crippen LogP contribution < -0.4 is 42.5 Å². The first-order valence-electron chi connectivity index (χ1n) is 37.8. The molecular weight excluding hydrogens is 2110 g/mol. The van der Waals surface area contributed by atoms with Crippen molar-refractivity contribution in [3.05, 3.63) is 293 Å². The third-order valence-electron chi connectivity index (χ3n) is 18.5. The van der Waals surface area contributed by atoms with Crippen molar-refractivity contribution in [1.29, 1.82) is 5.26 Å². The summed E-state index contributed by atoms with van der Waals surface area (Å²) in [6, 6.07) is 31.6. The van der Waals surface area contributed by atoms with E-state index in [-0.39, 0.29) is 91.5 Å². The Morgan fingerprint density at radius 2 is 1.02 bits per heavy atom. The Labute approximate surface area is 801 Å². The van der Waals surface area contributed by atoms with Crippen LogP contribution in [-0.2, 0) is 28.2 Å². The number of halogens is 17. The van der Waals surface area contributed by atoms with Gasteiger partial charge in [0.05, 0.1) is 78.5 Å². The first-order valence-corrected chi connectivity index (χ1v) is 44.0. The lowest BCUT2D eigenvalue weighted by Crippen LogP contribution is -2.50. The molecule has 0 bridgehead atoms. The Balaban J connectivity index is 0.000000201. The van der Waals surface area contributed by atoms with Gasteiger partial charge in [0.1, 0.15) is 42.7 Å². The zero-order chi connectivity index (χ0) is 98.6. The molecule has 0 radical (unpaired) electrons. The Hall–Kier alpha value is -12.8. The first kappa shape index (κ1) is 104. The van der Waals surface area contributed by atoms with Gasteiger partial charge in [-0.2, -0.15) is 64.9 Å². The number of tetrazole rings is 1. The van der Waals surface area contributed by atoms with E-state index in [2.05, 4.69) is 144 Å². The van der Waals surface area contributed by atoms with Crippen molar-refractivity contribution in [1.82, 2.24) is 85.8 Å². The van der Waals surface area contributed by atoms with Crippen LogP contribution in [0.25, 0.3) is 33.7 Å². The molecule has 133 heavy (non-hydrogen) atoms. The van der Waals surface area contributed by atoms with E-state index in [0.29, 0.717) is 101 Å². The van der Waals surface area contributed by atoms with Gasteiger partial charge in [-0.3, -0.25) is 28.8 Å². The Kier molecular flexibility index (Phi) is 33.5. The molecule has 0 saturated heterocycles. The fourth-order valence-corrected chi connectivity index (χ4v) is 16.3. The molecule has 7 heterocycles. The molecule has 0 unspecified atom stereocenters. The smallest absolute Gasteiger partial charge is 0.388 e. The van der Waals surface area contributed by atoms with Gasteiger partial charge in [-0.25, -0.2) is 46.7 Å². The number of aryl methyl sites for hydroxylation is 4. The number of aromatic nitrogens is 13. The number of benzene rings is 5. The molecule has 5 aromatic carbocycles. The molecule has 12 aromatic rings. The van der Waals surface area contributed by atoms with Crippen LogP contribution in [0.5, 0.6) is 0 Å². The molecule has 49 heteroatoms. The Bertz CT molecular complexity index is 6790. The molecule has 6 amide bonds. The second-order valence-electron chi connectivity index (χ2n) is 28.9. The summed E-state index contributed by atoms with van der Waals surface area (Å²) in [5, 5.41) is 54.9. The van der Waals surface area contributed by atoms with Crippen LogP contribution in [-0.4, -0.2) is 159 Å². The van der Waals surface area contributed by atoms with Gasteiger partial charge in [0.2, 0.25) is 0 Å². The molecule has 0 fully saturated rings. The zero-order valence-corrected chi connectivity index (χ0v) is 79.7. The van der Waals surface area contributed by atoms with E-state index < -0.39 is 86.3 Å². The average Bonchev–Trinajstić information content (AvgIpc) is 1.61. The third-order valence-corrected chi connectivity index (χ3v) is 22.5. The lowest BCUT2D eigenvalue weighted by molar-refractivity contribution is -0.348. The number of hydrogen-bond donors (Lipinski definition) is 8. The fourth-order valence-electron chi connectivity index (χ4n) is 12.6. The lowest BCUT2D eigenvalue weighted by atomic mass is 9.92. The van der Waals surface area contributed by atoms with Gasteiger partial charge in [0.25, 0.3) is 41.3 Å². The van der Waals surface area contributed by atoms with Crippen molar-refractivity contribution in [2.24, 2.45) is 0 Å². The van der Waals surface area contributed by atoms with E-state index in [1.54, 1.807) is 123 Å². The van der Waals surface area contributed by atoms with Crippen molar-refractivity contribution in [2.45, 2.75) is 77.8 Å². The molecular formula is C84H70Br2Cl4F10IN23O8S. The van der Waals surface area contributed by atoms with E-state index >= 15 is 0 Å². The number of anilines is 4. The van der Waals surface area contributed by atoms with Gasteiger partial charge in [0.15, 0.2) is 23.1 Å². The molecule has 31 nitrogen and oxygen atoms in total. The zero-order valence-electron chi connectivity index (χ0n) is 70.5. The van der Waals surface area contributed by atoms with Gasteiger partial charge in [-0.05, 0) is 214 Å². The second-order valence-corrected chi connectivity index (χ2v) is 35.5. The van der Waals surface area contributed by atoms with E-state index in [1.807, 2.05) is 13.8 Å². The number of nitrogens with zero attached hydrogens (tertiary/aromatic N) is 15. The molecule has 694 valence electrons. The summed E-state index contributed by atoms with van der Waals surface area (Å²) in [6.07, 6.45) is -11.8. The number of sulfone groups is 1. The number of nitriles is 1. The van der Waals surface area contributed by atoms with Crippen molar-refractivity contribution in [2.75, 3.05) is 54.4 Å². The van der Waals surface area contributed by atoms with Crippen molar-refractivity contribution < 1.29 is 81.1 Å². The quantitative estimate of drug-likeness (QED) is 0.0167. The molecule has 0 aliphatic rings. The lowest BCUT2D eigenvalue weighted by Gasteiger charge is -2.30. The SMILES string of the molecule is C=C(NC)c1cc(C#N)cc(C)c1NC(=O)c1cc(Br)nn1-c1ncccc1Cl.C=C(NC)c1cc(Cl)cc(C)c1NC(=O)c1cc(Br)nn1-c1ncccc1Cl.Cc1cc(C(F)(C(F)(F)F)C(F)(F)F)ccc1NC(=O)c1cccc(I)c1C(=O)NC(C)(C)CS(C)(=O)=O.[C-]#[N+]c1cc(C)c(NC(=O)c2cc(Cn3nnc(C(F)(F)F)n3)nn2-c2ncccc2Cl)c(C(=O)NC)c1. The van der Waals surface area contributed by atoms with Crippen molar-refractivity contribution in [3.63, 3.8) is 0 Å². The molecule has 0 spiro atoms. The van der Waals surface area contributed by atoms with Gasteiger partial charge < -0.3 is 42.5 Å². The molecule has 0 aliphatic heterocycles. The van der Waals surface area contributed by atoms with E-state index in [4.69, 9.17) is 53.0 Å². The maximum atomic E-state index is 14.4. The minimum absolute atomic E-state index is 0.0560. The molecule has 7 aromatic heterocycles. The number of carbonyl (C=O) groups excluding carboxylic acids is 6. The van der Waals surface area contributed by atoms with E-state index in [0.717, 1.165) is 29.0 Å². The standard InChI is InChI=1S/C23H22F7IN2O4S.C22H16ClF3N10O2.C20H16BrClN6O.C19H16BrCl2N5O/c1-12-10-13(21(24,22(25,26)27)23(28,29)30)8-9-16(12)32-18(34)14-6-5-7-15(31)17(14)19(35)33-20(2,3)11-38(4,36)37;1-11-7-12(27-2)8-14(19(37)28-3)17(11)30-20(38)16-9-13(10-35-33-21(31-34-35)22(24,25)26)32-36(16)18-15(23)5-4-6-29-18;1-11-7-13(10-23)8-14(12(2)24-3)18(11)26-20(29)16-9-17(21)27-28(16)19-15(22)5-4-6-25-19;1-10-7-12(21)8-13(11(2)23-3)17(10)25-19(28)15-9-16(20)26-27(15)18-14(22)5-4-6-24-18/h5-10H,11H2,1-4H3,(H,32,34)(H,33,35);4-9H,10H2,1,3H3,(H,28,37)(H,30,38);4-9,24H,2H2,1,3H3,(H,26,29);4-9,23H,2H2,1,3H3,(H,25,28). The minimum Gasteiger partial charge on any atom is -0.388 e. The van der Waals surface area contributed by atoms with Crippen molar-refractivity contribution >= 4 is 186 Å². The molecule has 0 atom stereocenters. The fraction of sp³-hybridized carbons (Fsp3) is 0.202. The van der Waals surface area contributed by atoms with Crippen LogP contribution in [0.4, 0.5) is 72.3 Å². The molecule has 0 saturated carbocycles. The van der Waals surface area contributed by atoms with Crippen LogP contribution >= 0.6 is 101 Å². The average molecular weight is 2180 g/mol. The number of pyridine rings is 3. The maximum absolute atomic E-state index is 14.4. The molecule has 8 N–H and O–H groups in total. The monoisotopic (exact) mass is 2180 g/mol. The van der Waals surface area contributed by atoms with Crippen LogP contribution in [0.3, 0.4) is 0 Å². The van der Waals surface area contributed by atoms with Crippen LogP contribution in [0.2, 0.25) is 20.1 Å². The van der Waals surface area contributed by atoms with Gasteiger partial charge in [-0.15, -0.1) is 10.2 Å². The summed E-state index contributed by atoms with van der Waals surface area (Å²) in [6.45, 7) is 24.1. The largest absolute Gasteiger partial charge is 0.455 e. The summed E-state index contributed by atoms with van der Waals surface area (Å²) in [5.74, 6) is -4.88. The highest BCUT2D eigenvalue weighted by molar-refractivity contribution is 14.1. The summed E-state index contributed by atoms with van der Waals surface area (Å²) < 4.78 is 160. The summed E-state index contributed by atoms with van der Waals surface area (Å²) in [4.78, 5) is 94.8. The number of amides is 6. The Morgan fingerprint density at radius 1 is 0.549 bits per heavy atom. The van der Waals surface area contributed by atoms with Gasteiger partial charge >= 0.3 is 24.2 Å². The van der Waals surface area contributed by atoms with Crippen LogP contribution in [0, 0.1) is 49.2 Å². The van der Waals surface area contributed by atoms with Gasteiger partial charge in [0, 0.05) is 106 Å². The third kappa shape index (κ3) is 25.2. The maximum Gasteiger partial charge on any atom is 0.455 e. The highest BCUT2D eigenvalue weighted by Crippen LogP contribution is 2.54. The predicted molar refractivity (Wildman–Crippen MR) is 494 cm³/mol. The summed E-state index contributed by atoms with van der Waals surface area (Å²) >= 11 is 33.3. The van der Waals surface area contributed by atoms with Crippen LogP contribution in [0.15, 0.2) is 168 Å². The Morgan fingerprint density at radius 3 is 1.47 bits per heavy atom. The van der Waals surface area contributed by atoms with Crippen LogP contribution in [0.1, 0.15) is 132 Å². The summed E-state index contributed by atoms with van der Waals surface area (Å²) in [7, 11) is 1.38. The highest BCUT2D eigenvalue weighted by Gasteiger charge is 2.73. The van der Waals surface area contributed by atoms with E-state index in [1.165, 1.54) is 78.9 Å². The number of carbonyl (C=O) groups is 6. The first-order chi connectivity index (χ1) is 62.2. The highest BCUT2D eigenvalue weighted by atomic mass is 127. The second kappa shape index (κ2) is 42.8.